The van der Waals surface area contributed by atoms with Crippen LogP contribution in [0.5, 0.6) is 0 Å². The lowest BCUT2D eigenvalue weighted by molar-refractivity contribution is 0.391. The van der Waals surface area contributed by atoms with Gasteiger partial charge in [-0.15, -0.1) is 11.3 Å². The van der Waals surface area contributed by atoms with Crippen LogP contribution in [-0.2, 0) is 5.75 Å². The standard InChI is InChI=1S/C21H13BrN4O2S2/c22-14-8-6-13(7-9-14)19-24-17(28-25-19)12-30-21-23-16-10-11-29-18(16)20(27)26(21)15-4-2-1-3-5-15/h1-11H,12H2. The molecule has 0 aliphatic heterocycles. The maximum absolute atomic E-state index is 13.1. The Hall–Kier alpha value is -2.75. The smallest absolute Gasteiger partial charge is 0.276 e. The molecule has 5 rings (SSSR count). The number of thiophene rings is 1. The number of aromatic nitrogens is 4. The third-order valence-electron chi connectivity index (χ3n) is 4.36. The van der Waals surface area contributed by atoms with Gasteiger partial charge in [0.25, 0.3) is 5.56 Å². The molecular formula is C21H13BrN4O2S2. The number of fused-ring (bicyclic) bond motifs is 1. The highest BCUT2D eigenvalue weighted by Crippen LogP contribution is 2.27. The summed E-state index contributed by atoms with van der Waals surface area (Å²) in [5.74, 6) is 1.40. The van der Waals surface area contributed by atoms with Gasteiger partial charge < -0.3 is 4.52 Å². The molecule has 0 spiro atoms. The monoisotopic (exact) mass is 496 g/mol. The Morgan fingerprint density at radius 1 is 1.03 bits per heavy atom. The molecule has 9 heteroatoms. The van der Waals surface area contributed by atoms with Crippen LogP contribution in [0.25, 0.3) is 27.3 Å². The van der Waals surface area contributed by atoms with Crippen LogP contribution in [0.4, 0.5) is 0 Å². The van der Waals surface area contributed by atoms with E-state index in [1.54, 1.807) is 4.57 Å². The maximum Gasteiger partial charge on any atom is 0.276 e. The number of para-hydroxylation sites is 1. The van der Waals surface area contributed by atoms with Crippen molar-refractivity contribution in [3.05, 3.63) is 86.8 Å². The van der Waals surface area contributed by atoms with Gasteiger partial charge in [0, 0.05) is 10.0 Å². The van der Waals surface area contributed by atoms with Crippen LogP contribution < -0.4 is 5.56 Å². The van der Waals surface area contributed by atoms with Crippen molar-refractivity contribution in [3.63, 3.8) is 0 Å². The zero-order valence-electron chi connectivity index (χ0n) is 15.4. The molecule has 3 heterocycles. The summed E-state index contributed by atoms with van der Waals surface area (Å²) in [6.07, 6.45) is 0. The molecule has 148 valence electrons. The molecule has 0 fully saturated rings. The molecule has 0 unspecified atom stereocenters. The third kappa shape index (κ3) is 3.71. The molecule has 0 radical (unpaired) electrons. The Bertz CT molecular complexity index is 1380. The summed E-state index contributed by atoms with van der Waals surface area (Å²) in [7, 11) is 0. The lowest BCUT2D eigenvalue weighted by Gasteiger charge is -2.11. The Morgan fingerprint density at radius 3 is 2.63 bits per heavy atom. The van der Waals surface area contributed by atoms with Crippen molar-refractivity contribution >= 4 is 49.2 Å². The summed E-state index contributed by atoms with van der Waals surface area (Å²) in [5.41, 5.74) is 2.26. The summed E-state index contributed by atoms with van der Waals surface area (Å²) in [6, 6.07) is 19.1. The minimum Gasteiger partial charge on any atom is -0.338 e. The van der Waals surface area contributed by atoms with Gasteiger partial charge in [0.2, 0.25) is 11.7 Å². The molecule has 6 nitrogen and oxygen atoms in total. The lowest BCUT2D eigenvalue weighted by Crippen LogP contribution is -2.20. The van der Waals surface area contributed by atoms with E-state index in [1.165, 1.54) is 23.1 Å². The largest absolute Gasteiger partial charge is 0.338 e. The first-order valence-corrected chi connectivity index (χ1v) is 11.6. The molecule has 0 aliphatic carbocycles. The quantitative estimate of drug-likeness (QED) is 0.234. The number of hydrogen-bond donors (Lipinski definition) is 0. The molecular weight excluding hydrogens is 484 g/mol. The van der Waals surface area contributed by atoms with Gasteiger partial charge in [-0.3, -0.25) is 9.36 Å². The SMILES string of the molecule is O=c1c2sccc2nc(SCc2nc(-c3ccc(Br)cc3)no2)n1-c1ccccc1. The second kappa shape index (κ2) is 8.17. The average Bonchev–Trinajstić information content (AvgIpc) is 3.43. The molecule has 0 atom stereocenters. The Morgan fingerprint density at radius 2 is 1.83 bits per heavy atom. The van der Waals surface area contributed by atoms with Crippen molar-refractivity contribution in [1.82, 2.24) is 19.7 Å². The molecule has 2 aromatic carbocycles. The first-order chi connectivity index (χ1) is 14.7. The van der Waals surface area contributed by atoms with Crippen LogP contribution >= 0.6 is 39.0 Å². The van der Waals surface area contributed by atoms with E-state index in [9.17, 15) is 4.79 Å². The molecule has 0 saturated heterocycles. The number of benzene rings is 2. The highest BCUT2D eigenvalue weighted by atomic mass is 79.9. The van der Waals surface area contributed by atoms with Gasteiger partial charge in [0.1, 0.15) is 4.70 Å². The van der Waals surface area contributed by atoms with E-state index in [1.807, 2.05) is 66.0 Å². The second-order valence-electron chi connectivity index (χ2n) is 6.31. The first kappa shape index (κ1) is 19.2. The zero-order chi connectivity index (χ0) is 20.5. The third-order valence-corrected chi connectivity index (χ3v) is 6.70. The summed E-state index contributed by atoms with van der Waals surface area (Å²) in [6.45, 7) is 0. The number of hydrogen-bond acceptors (Lipinski definition) is 7. The topological polar surface area (TPSA) is 73.8 Å². The number of rotatable bonds is 5. The summed E-state index contributed by atoms with van der Waals surface area (Å²) >= 11 is 6.21. The fraction of sp³-hybridized carbons (Fsp3) is 0.0476. The van der Waals surface area contributed by atoms with Crippen molar-refractivity contribution < 1.29 is 4.52 Å². The summed E-state index contributed by atoms with van der Waals surface area (Å²) in [5, 5.41) is 6.53. The van der Waals surface area contributed by atoms with Crippen LogP contribution in [-0.4, -0.2) is 19.7 Å². The number of nitrogens with zero attached hydrogens (tertiary/aromatic N) is 4. The highest BCUT2D eigenvalue weighted by Gasteiger charge is 2.16. The lowest BCUT2D eigenvalue weighted by atomic mass is 10.2. The van der Waals surface area contributed by atoms with Crippen molar-refractivity contribution in [2.24, 2.45) is 0 Å². The molecule has 3 aromatic heterocycles. The van der Waals surface area contributed by atoms with Gasteiger partial charge in [0.05, 0.1) is 17.0 Å². The fourth-order valence-corrected chi connectivity index (χ4v) is 4.82. The molecule has 30 heavy (non-hydrogen) atoms. The van der Waals surface area contributed by atoms with Crippen molar-refractivity contribution in [2.45, 2.75) is 10.9 Å². The minimum absolute atomic E-state index is 0.0789. The highest BCUT2D eigenvalue weighted by molar-refractivity contribution is 9.10. The van der Waals surface area contributed by atoms with Gasteiger partial charge >= 0.3 is 0 Å². The van der Waals surface area contributed by atoms with E-state index < -0.39 is 0 Å². The van der Waals surface area contributed by atoms with Gasteiger partial charge in [-0.2, -0.15) is 4.98 Å². The summed E-state index contributed by atoms with van der Waals surface area (Å²) < 4.78 is 8.67. The van der Waals surface area contributed by atoms with E-state index in [4.69, 9.17) is 9.51 Å². The Balaban J connectivity index is 1.47. The van der Waals surface area contributed by atoms with Gasteiger partial charge in [-0.1, -0.05) is 51.0 Å². The number of thioether (sulfide) groups is 1. The molecule has 0 amide bonds. The van der Waals surface area contributed by atoms with Gasteiger partial charge in [-0.05, 0) is 47.8 Å². The fourth-order valence-electron chi connectivity index (χ4n) is 2.95. The van der Waals surface area contributed by atoms with E-state index >= 15 is 0 Å². The molecule has 5 aromatic rings. The Kier molecular flexibility index (Phi) is 5.24. The van der Waals surface area contributed by atoms with Crippen molar-refractivity contribution in [3.8, 4) is 17.1 Å². The Labute approximate surface area is 187 Å². The van der Waals surface area contributed by atoms with Crippen LogP contribution in [0.2, 0.25) is 0 Å². The molecule has 0 aliphatic rings. The van der Waals surface area contributed by atoms with Crippen LogP contribution in [0.1, 0.15) is 5.89 Å². The predicted molar refractivity (Wildman–Crippen MR) is 122 cm³/mol. The second-order valence-corrected chi connectivity index (χ2v) is 9.09. The average molecular weight is 497 g/mol. The van der Waals surface area contributed by atoms with E-state index in [0.717, 1.165) is 15.7 Å². The van der Waals surface area contributed by atoms with E-state index in [0.29, 0.717) is 32.8 Å². The first-order valence-electron chi connectivity index (χ1n) is 8.96. The normalized spacial score (nSPS) is 11.2. The van der Waals surface area contributed by atoms with Crippen molar-refractivity contribution in [1.29, 1.82) is 0 Å². The number of halogens is 1. The minimum atomic E-state index is -0.0789. The van der Waals surface area contributed by atoms with Crippen LogP contribution in [0.15, 0.2) is 85.0 Å². The molecule has 0 saturated carbocycles. The van der Waals surface area contributed by atoms with Crippen molar-refractivity contribution in [2.75, 3.05) is 0 Å². The van der Waals surface area contributed by atoms with Crippen LogP contribution in [0.3, 0.4) is 0 Å². The van der Waals surface area contributed by atoms with Gasteiger partial charge in [0.15, 0.2) is 5.16 Å². The van der Waals surface area contributed by atoms with Crippen LogP contribution in [0, 0.1) is 0 Å². The summed E-state index contributed by atoms with van der Waals surface area (Å²) in [4.78, 5) is 22.3. The van der Waals surface area contributed by atoms with Gasteiger partial charge in [-0.25, -0.2) is 4.98 Å². The molecule has 0 N–H and O–H groups in total. The molecule has 0 bridgehead atoms. The zero-order valence-corrected chi connectivity index (χ0v) is 18.6. The van der Waals surface area contributed by atoms with E-state index in [-0.39, 0.29) is 5.56 Å². The maximum atomic E-state index is 13.1. The predicted octanol–water partition coefficient (Wildman–Crippen LogP) is 5.55. The van der Waals surface area contributed by atoms with E-state index in [2.05, 4.69) is 26.1 Å².